The Morgan fingerprint density at radius 3 is 2.64 bits per heavy atom. The van der Waals surface area contributed by atoms with Crippen molar-refractivity contribution in [2.75, 3.05) is 31.8 Å². The van der Waals surface area contributed by atoms with Crippen molar-refractivity contribution in [3.05, 3.63) is 36.0 Å². The number of piperidine rings is 1. The third kappa shape index (κ3) is 4.97. The zero-order chi connectivity index (χ0) is 28.3. The van der Waals surface area contributed by atoms with Gasteiger partial charge in [-0.2, -0.15) is 9.29 Å². The predicted molar refractivity (Wildman–Crippen MR) is 132 cm³/mol. The number of hydrogen-bond acceptors (Lipinski definition) is 7. The van der Waals surface area contributed by atoms with Crippen molar-refractivity contribution in [2.45, 2.75) is 38.3 Å². The van der Waals surface area contributed by atoms with Gasteiger partial charge in [-0.15, -0.1) is 5.10 Å². The average molecular weight is 574 g/mol. The summed E-state index contributed by atoms with van der Waals surface area (Å²) in [5.41, 5.74) is 1.27. The molecule has 4 heterocycles. The van der Waals surface area contributed by atoms with Gasteiger partial charge in [0.25, 0.3) is 12.3 Å². The monoisotopic (exact) mass is 573 g/mol. The number of ether oxygens (including phenoxy) is 1. The Morgan fingerprint density at radius 1 is 1.26 bits per heavy atom. The van der Waals surface area contributed by atoms with Crippen molar-refractivity contribution >= 4 is 32.5 Å². The molecule has 0 aliphatic carbocycles. The zero-order valence-corrected chi connectivity index (χ0v) is 21.8. The molecule has 0 amide bonds. The van der Waals surface area contributed by atoms with Gasteiger partial charge in [0.05, 0.1) is 55.3 Å². The maximum absolute atomic E-state index is 15.3. The molecule has 0 unspecified atom stereocenters. The number of anilines is 1. The highest BCUT2D eigenvalue weighted by Crippen LogP contribution is 2.36. The molecule has 1 saturated heterocycles. The second-order valence-electron chi connectivity index (χ2n) is 9.30. The van der Waals surface area contributed by atoms with Gasteiger partial charge in [0.1, 0.15) is 11.3 Å². The van der Waals surface area contributed by atoms with E-state index in [2.05, 4.69) is 20.4 Å². The normalized spacial score (nSPS) is 18.3. The van der Waals surface area contributed by atoms with Gasteiger partial charge in [0, 0.05) is 6.54 Å². The van der Waals surface area contributed by atoms with Crippen molar-refractivity contribution in [3.8, 4) is 17.0 Å². The maximum atomic E-state index is 15.3. The summed E-state index contributed by atoms with van der Waals surface area (Å²) in [6.45, 7) is -0.122. The zero-order valence-electron chi connectivity index (χ0n) is 21.0. The Morgan fingerprint density at radius 2 is 2.00 bits per heavy atom. The molecular weight excluding hydrogens is 549 g/mol. The Kier molecular flexibility index (Phi) is 6.65. The number of aryl methyl sites for hydroxylation is 1. The van der Waals surface area contributed by atoms with E-state index in [1.165, 1.54) is 17.7 Å². The highest BCUT2D eigenvalue weighted by Gasteiger charge is 2.47. The van der Waals surface area contributed by atoms with E-state index in [4.69, 9.17) is 4.74 Å². The largest absolute Gasteiger partial charge is 0.479 e. The first-order valence-electron chi connectivity index (χ1n) is 11.8. The first-order valence-corrected chi connectivity index (χ1v) is 13.6. The number of alkyl halides is 4. The fourth-order valence-electron chi connectivity index (χ4n) is 4.79. The lowest BCUT2D eigenvalue weighted by molar-refractivity contribution is -0.0541. The minimum atomic E-state index is -3.80. The first-order chi connectivity index (χ1) is 18.3. The van der Waals surface area contributed by atoms with E-state index in [1.807, 2.05) is 0 Å². The number of aromatic nitrogens is 5. The van der Waals surface area contributed by atoms with E-state index in [0.29, 0.717) is 26.7 Å². The van der Waals surface area contributed by atoms with Crippen LogP contribution in [0.3, 0.4) is 0 Å². The molecule has 3 aromatic heterocycles. The van der Waals surface area contributed by atoms with Crippen LogP contribution in [0.5, 0.6) is 5.88 Å². The third-order valence-electron chi connectivity index (χ3n) is 6.63. The molecule has 1 fully saturated rings. The number of fused-ring (bicyclic) bond motifs is 2. The van der Waals surface area contributed by atoms with Gasteiger partial charge >= 0.3 is 0 Å². The summed E-state index contributed by atoms with van der Waals surface area (Å²) in [6, 6.07) is 3.19. The SMILES string of the molecule is COc1nc(N[C@@H]2CCN(S(C)(=O)=O)CC2(F)F)nn2cc(F)c(-c3ccc4nc(C)n(CC(F)F)c4c3)c12. The molecule has 5 rings (SSSR count). The van der Waals surface area contributed by atoms with Crippen LogP contribution in [0.15, 0.2) is 24.4 Å². The summed E-state index contributed by atoms with van der Waals surface area (Å²) in [6.07, 6.45) is -0.957. The fraction of sp³-hybridized carbons (Fsp3) is 0.435. The first kappa shape index (κ1) is 27.1. The lowest BCUT2D eigenvalue weighted by Crippen LogP contribution is -2.55. The van der Waals surface area contributed by atoms with E-state index in [1.54, 1.807) is 19.1 Å². The second-order valence-corrected chi connectivity index (χ2v) is 11.3. The molecule has 210 valence electrons. The summed E-state index contributed by atoms with van der Waals surface area (Å²) >= 11 is 0. The van der Waals surface area contributed by atoms with Gasteiger partial charge in [0.2, 0.25) is 21.9 Å². The summed E-state index contributed by atoms with van der Waals surface area (Å²) in [5, 5.41) is 6.67. The molecule has 1 N–H and O–H groups in total. The van der Waals surface area contributed by atoms with Crippen LogP contribution < -0.4 is 10.1 Å². The van der Waals surface area contributed by atoms with Gasteiger partial charge in [-0.05, 0) is 31.0 Å². The fourth-order valence-corrected chi connectivity index (χ4v) is 5.64. The molecule has 0 saturated carbocycles. The molecule has 16 heteroatoms. The number of rotatable bonds is 7. The van der Waals surface area contributed by atoms with E-state index in [0.717, 1.165) is 17.0 Å². The Labute approximate surface area is 219 Å². The van der Waals surface area contributed by atoms with Crippen LogP contribution in [-0.4, -0.2) is 81.7 Å². The summed E-state index contributed by atoms with van der Waals surface area (Å²) in [4.78, 5) is 8.44. The van der Waals surface area contributed by atoms with Gasteiger partial charge < -0.3 is 14.6 Å². The molecule has 10 nitrogen and oxygen atoms in total. The van der Waals surface area contributed by atoms with Crippen LogP contribution in [0.2, 0.25) is 0 Å². The smallest absolute Gasteiger partial charge is 0.281 e. The molecule has 1 atom stereocenters. The minimum absolute atomic E-state index is 0.0227. The predicted octanol–water partition coefficient (Wildman–Crippen LogP) is 3.55. The van der Waals surface area contributed by atoms with Crippen molar-refractivity contribution in [1.82, 2.24) is 28.5 Å². The van der Waals surface area contributed by atoms with Crippen molar-refractivity contribution in [3.63, 3.8) is 0 Å². The van der Waals surface area contributed by atoms with Gasteiger partial charge in [-0.25, -0.2) is 39.9 Å². The van der Waals surface area contributed by atoms with Gasteiger partial charge in [-0.1, -0.05) is 6.07 Å². The average Bonchev–Trinajstić information content (AvgIpc) is 3.33. The number of sulfonamides is 1. The van der Waals surface area contributed by atoms with Crippen LogP contribution in [0.25, 0.3) is 27.7 Å². The van der Waals surface area contributed by atoms with Crippen LogP contribution in [0.4, 0.5) is 27.9 Å². The van der Waals surface area contributed by atoms with Crippen LogP contribution in [-0.2, 0) is 16.6 Å². The van der Waals surface area contributed by atoms with Crippen molar-refractivity contribution in [2.24, 2.45) is 0 Å². The number of nitrogens with one attached hydrogen (secondary N) is 1. The third-order valence-corrected chi connectivity index (χ3v) is 7.88. The number of methoxy groups -OCH3 is 1. The Bertz CT molecular complexity index is 1670. The van der Waals surface area contributed by atoms with Gasteiger partial charge in [-0.3, -0.25) is 0 Å². The number of imidazole rings is 1. The van der Waals surface area contributed by atoms with E-state index in [-0.39, 0.29) is 35.9 Å². The Balaban J connectivity index is 1.53. The van der Waals surface area contributed by atoms with Crippen LogP contribution >= 0.6 is 0 Å². The number of benzene rings is 1. The molecule has 0 radical (unpaired) electrons. The van der Waals surface area contributed by atoms with Crippen molar-refractivity contribution in [1.29, 1.82) is 0 Å². The molecule has 1 aliphatic rings. The number of halogens is 5. The molecule has 39 heavy (non-hydrogen) atoms. The molecular formula is C23H24F5N7O3S. The lowest BCUT2D eigenvalue weighted by atomic mass is 10.0. The summed E-state index contributed by atoms with van der Waals surface area (Å²) in [7, 11) is -2.53. The van der Waals surface area contributed by atoms with Crippen LogP contribution in [0, 0.1) is 12.7 Å². The molecule has 4 aromatic rings. The number of nitrogens with zero attached hydrogens (tertiary/aromatic N) is 6. The molecule has 1 aromatic carbocycles. The minimum Gasteiger partial charge on any atom is -0.479 e. The van der Waals surface area contributed by atoms with E-state index < -0.39 is 47.3 Å². The maximum Gasteiger partial charge on any atom is 0.281 e. The number of hydrogen-bond donors (Lipinski definition) is 1. The highest BCUT2D eigenvalue weighted by atomic mass is 32.2. The van der Waals surface area contributed by atoms with E-state index in [9.17, 15) is 26.0 Å². The van der Waals surface area contributed by atoms with Crippen LogP contribution in [0.1, 0.15) is 12.2 Å². The highest BCUT2D eigenvalue weighted by molar-refractivity contribution is 7.88. The Hall–Kier alpha value is -3.53. The van der Waals surface area contributed by atoms with Crippen molar-refractivity contribution < 1.29 is 35.1 Å². The molecule has 0 spiro atoms. The van der Waals surface area contributed by atoms with Gasteiger partial charge in [0.15, 0.2) is 5.82 Å². The second kappa shape index (κ2) is 9.59. The lowest BCUT2D eigenvalue weighted by Gasteiger charge is -2.37. The molecule has 1 aliphatic heterocycles. The topological polar surface area (TPSA) is 107 Å². The molecule has 0 bridgehead atoms. The summed E-state index contributed by atoms with van der Waals surface area (Å²) in [5.74, 6) is -4.20. The van der Waals surface area contributed by atoms with E-state index >= 15 is 4.39 Å². The summed E-state index contributed by atoms with van der Waals surface area (Å²) < 4.78 is 103. The standard InChI is InChI=1S/C23H24F5N7O3S/c1-12-29-15-5-4-13(8-16(15)34(12)10-18(25)26)19-14(24)9-35-20(19)21(38-2)31-22(32-35)30-17-6-7-33(39(3,36)37)11-23(17,27)28/h4-5,8-9,17-18H,6-7,10-11H2,1-3H3,(H,30,32)/t17-/m1/s1. The quantitative estimate of drug-likeness (QED) is 0.337.